The van der Waals surface area contributed by atoms with E-state index in [0.717, 1.165) is 17.2 Å². The predicted octanol–water partition coefficient (Wildman–Crippen LogP) is -8.92. The largest absolute Gasteiger partial charge is 1.00 e. The van der Waals surface area contributed by atoms with Crippen molar-refractivity contribution >= 4 is 64.9 Å². The molecule has 2 aromatic rings. The summed E-state index contributed by atoms with van der Waals surface area (Å²) in [7, 11) is -16.9. The number of thiol groups is 1. The van der Waals surface area contributed by atoms with Crippen LogP contribution in [0.5, 0.6) is 0 Å². The molecule has 29 heteroatoms. The Hall–Kier alpha value is -0.110. The Balaban J connectivity index is 0.00000625. The Kier molecular flexibility index (Phi) is 19.2. The van der Waals surface area contributed by atoms with E-state index in [2.05, 4.69) is 56.1 Å². The number of aromatic nitrogens is 4. The zero-order chi connectivity index (χ0) is 36.1. The van der Waals surface area contributed by atoms with Gasteiger partial charge >= 0.3 is 66.9 Å². The van der Waals surface area contributed by atoms with Gasteiger partial charge in [-0.1, -0.05) is 13.8 Å². The van der Waals surface area contributed by atoms with Gasteiger partial charge in [-0.3, -0.25) is 27.8 Å². The number of amides is 2. The SMILES string of the molecule is CC(C)(COP(=O)([O-])OP(=O)(O)OC[C@H]1O[C@@H](n2cnc3c(N)ncnc32)[C@H](O)[C@@H]1OP(=O)([O-])O)C(O)C(=O)NCCC(=O)NCCS.[Na+].[Na+]. The molecule has 3 heterocycles. The molecule has 1 saturated heterocycles. The minimum absolute atomic E-state index is 0. The van der Waals surface area contributed by atoms with Crippen LogP contribution >= 0.6 is 36.1 Å². The number of nitrogens with two attached hydrogens (primary N) is 1. The number of hydrogen-bond acceptors (Lipinski definition) is 19. The summed E-state index contributed by atoms with van der Waals surface area (Å²) in [4.78, 5) is 78.8. The van der Waals surface area contributed by atoms with Gasteiger partial charge in [0.25, 0.3) is 15.6 Å². The van der Waals surface area contributed by atoms with Gasteiger partial charge in [-0.05, 0) is 0 Å². The summed E-state index contributed by atoms with van der Waals surface area (Å²) in [6, 6.07) is 0. The number of ether oxygens (including phenoxy) is 1. The molecule has 272 valence electrons. The Bertz CT molecular complexity index is 1610. The van der Waals surface area contributed by atoms with Crippen molar-refractivity contribution in [3.05, 3.63) is 12.7 Å². The summed E-state index contributed by atoms with van der Waals surface area (Å²) in [5, 5.41) is 26.0. The van der Waals surface area contributed by atoms with E-state index in [4.69, 9.17) is 10.5 Å². The summed E-state index contributed by atoms with van der Waals surface area (Å²) in [6.45, 7) is 0.509. The number of phosphoric acid groups is 3. The van der Waals surface area contributed by atoms with Crippen LogP contribution in [0.1, 0.15) is 26.5 Å². The number of rotatable bonds is 18. The number of hydrogen-bond donors (Lipinski definition) is 8. The zero-order valence-electron chi connectivity index (χ0n) is 27.1. The number of aliphatic hydroxyl groups excluding tert-OH is 2. The van der Waals surface area contributed by atoms with Crippen molar-refractivity contribution in [1.82, 2.24) is 30.2 Å². The number of aliphatic hydroxyl groups is 2. The van der Waals surface area contributed by atoms with Gasteiger partial charge in [0.1, 0.15) is 36.3 Å². The molecule has 4 unspecified atom stereocenters. The van der Waals surface area contributed by atoms with Crippen molar-refractivity contribution in [2.24, 2.45) is 5.41 Å². The fraction of sp³-hybridized carbons (Fsp3) is 0.667. The molecular weight excluding hydrogens is 777 g/mol. The standard InChI is InChI=1S/C21H36N7O16P3S.2Na/c1-21(2,16(31)19(32)24-4-3-12(29)23-5-6-48)8-41-47(38,39)44-46(36,37)40-7-11-15(43-45(33,34)35)14(30)20(42-11)28-10-27-13-17(22)25-9-26-18(13)28;;/h9-11,14-16,20,30-31,48H,3-8H2,1-2H3,(H,23,29)(H,24,32)(H,36,37)(H,38,39)(H2,22,25,26)(H2,33,34,35);;/q;2*+1/p-2/t11-,14-,15-,16?,20-;;/m1../s1. The average molecular weight is 812 g/mol. The molecule has 1 fully saturated rings. The second-order valence-corrected chi connectivity index (χ2v) is 15.3. The molecule has 0 saturated carbocycles. The first kappa shape index (κ1) is 47.9. The Morgan fingerprint density at radius 1 is 1.14 bits per heavy atom. The van der Waals surface area contributed by atoms with Crippen molar-refractivity contribution < 1.29 is 135 Å². The van der Waals surface area contributed by atoms with E-state index in [9.17, 15) is 53.1 Å². The molecule has 50 heavy (non-hydrogen) atoms. The molecule has 8 N–H and O–H groups in total. The summed E-state index contributed by atoms with van der Waals surface area (Å²) in [6.07, 6.45) is -7.06. The third-order valence-corrected chi connectivity index (χ3v) is 9.78. The number of carbonyl (C=O) groups excluding carboxylic acids is 2. The van der Waals surface area contributed by atoms with Crippen LogP contribution in [0.25, 0.3) is 11.2 Å². The first-order valence-corrected chi connectivity index (χ1v) is 18.7. The maximum Gasteiger partial charge on any atom is 1.00 e. The summed E-state index contributed by atoms with van der Waals surface area (Å²) >= 11 is 3.94. The molecule has 8 atom stereocenters. The molecular formula is C21H34N7Na2O16P3S. The monoisotopic (exact) mass is 811 g/mol. The maximum atomic E-state index is 12.5. The predicted molar refractivity (Wildman–Crippen MR) is 159 cm³/mol. The molecule has 2 aromatic heterocycles. The minimum atomic E-state index is -5.72. The molecule has 23 nitrogen and oxygen atoms in total. The smallest absolute Gasteiger partial charge is 0.756 e. The van der Waals surface area contributed by atoms with Gasteiger partial charge in [0.05, 0.1) is 19.5 Å². The molecule has 1 aliphatic heterocycles. The van der Waals surface area contributed by atoms with E-state index in [-0.39, 0.29) is 95.0 Å². The normalized spacial score (nSPS) is 23.4. The molecule has 1 aliphatic rings. The molecule has 0 bridgehead atoms. The zero-order valence-corrected chi connectivity index (χ0v) is 34.7. The van der Waals surface area contributed by atoms with Crippen molar-refractivity contribution in [3.63, 3.8) is 0 Å². The number of carbonyl (C=O) groups is 2. The number of fused-ring (bicyclic) bond motifs is 1. The average Bonchev–Trinajstić information content (AvgIpc) is 3.54. The van der Waals surface area contributed by atoms with E-state index in [1.807, 2.05) is 0 Å². The van der Waals surface area contributed by atoms with Crippen LogP contribution in [0, 0.1) is 5.41 Å². The second kappa shape index (κ2) is 20.0. The van der Waals surface area contributed by atoms with Gasteiger partial charge in [0.2, 0.25) is 11.8 Å². The van der Waals surface area contributed by atoms with Crippen LogP contribution in [0.3, 0.4) is 0 Å². The topological polar surface area (TPSA) is 352 Å². The van der Waals surface area contributed by atoms with Crippen molar-refractivity contribution in [2.75, 3.05) is 37.8 Å². The van der Waals surface area contributed by atoms with Crippen LogP contribution in [-0.4, -0.2) is 108 Å². The van der Waals surface area contributed by atoms with Crippen molar-refractivity contribution in [1.29, 1.82) is 0 Å². The van der Waals surface area contributed by atoms with Crippen LogP contribution in [0.15, 0.2) is 12.7 Å². The number of imidazole rings is 1. The molecule has 0 radical (unpaired) electrons. The molecule has 0 spiro atoms. The van der Waals surface area contributed by atoms with E-state index < -0.39 is 78.6 Å². The Labute approximate surface area is 334 Å². The van der Waals surface area contributed by atoms with Gasteiger partial charge in [0.15, 0.2) is 17.7 Å². The third-order valence-electron chi connectivity index (χ3n) is 6.50. The fourth-order valence-electron chi connectivity index (χ4n) is 4.12. The van der Waals surface area contributed by atoms with E-state index >= 15 is 0 Å². The van der Waals surface area contributed by atoms with Crippen LogP contribution in [0.2, 0.25) is 0 Å². The van der Waals surface area contributed by atoms with Crippen LogP contribution < -0.4 is 85.3 Å². The maximum absolute atomic E-state index is 12.5. The Morgan fingerprint density at radius 3 is 2.42 bits per heavy atom. The number of anilines is 1. The molecule has 3 rings (SSSR count). The fourth-order valence-corrected chi connectivity index (χ4v) is 7.02. The van der Waals surface area contributed by atoms with E-state index in [1.54, 1.807) is 0 Å². The van der Waals surface area contributed by atoms with Crippen LogP contribution in [-0.2, 0) is 45.9 Å². The number of nitrogens with zero attached hydrogens (tertiary/aromatic N) is 4. The van der Waals surface area contributed by atoms with Gasteiger partial charge in [-0.25, -0.2) is 23.8 Å². The molecule has 0 aliphatic carbocycles. The quantitative estimate of drug-likeness (QED) is 0.0394. The van der Waals surface area contributed by atoms with Gasteiger partial charge < -0.3 is 59.9 Å². The number of phosphoric ester groups is 3. The summed E-state index contributed by atoms with van der Waals surface area (Å²) in [5.41, 5.74) is 4.20. The van der Waals surface area contributed by atoms with Gasteiger partial charge in [-0.2, -0.15) is 12.6 Å². The summed E-state index contributed by atoms with van der Waals surface area (Å²) < 4.78 is 60.9. The first-order chi connectivity index (χ1) is 22.2. The Morgan fingerprint density at radius 2 is 1.80 bits per heavy atom. The van der Waals surface area contributed by atoms with E-state index in [1.165, 1.54) is 13.8 Å². The van der Waals surface area contributed by atoms with E-state index in [0.29, 0.717) is 12.3 Å². The number of nitrogen functional groups attached to an aromatic ring is 1. The second-order valence-electron chi connectivity index (χ2n) is 10.7. The molecule has 2 amide bonds. The third kappa shape index (κ3) is 13.9. The van der Waals surface area contributed by atoms with Crippen molar-refractivity contribution in [2.45, 2.75) is 50.9 Å². The van der Waals surface area contributed by atoms with Crippen LogP contribution in [0.4, 0.5) is 5.82 Å². The van der Waals surface area contributed by atoms with Gasteiger partial charge in [-0.15, -0.1) is 0 Å². The van der Waals surface area contributed by atoms with Crippen molar-refractivity contribution in [3.8, 4) is 0 Å². The van der Waals surface area contributed by atoms with Gasteiger partial charge in [0, 0.05) is 30.7 Å². The minimum Gasteiger partial charge on any atom is -0.756 e. The number of nitrogens with one attached hydrogen (secondary N) is 2. The first-order valence-electron chi connectivity index (χ1n) is 13.6. The molecule has 0 aromatic carbocycles. The summed E-state index contributed by atoms with van der Waals surface area (Å²) in [5.74, 6) is -1.00.